The molecule has 1 unspecified atom stereocenters. The third-order valence-corrected chi connectivity index (χ3v) is 2.43. The average molecular weight is 229 g/mol. The summed E-state index contributed by atoms with van der Waals surface area (Å²) in [6.45, 7) is 1.96. The Kier molecular flexibility index (Phi) is 2.21. The van der Waals surface area contributed by atoms with E-state index in [4.69, 9.17) is 0 Å². The van der Waals surface area contributed by atoms with Crippen LogP contribution in [0.1, 0.15) is 18.8 Å². The summed E-state index contributed by atoms with van der Waals surface area (Å²) in [5, 5.41) is 14.1. The van der Waals surface area contributed by atoms with Gasteiger partial charge in [-0.05, 0) is 19.1 Å². The van der Waals surface area contributed by atoms with Crippen LogP contribution in [0.2, 0.25) is 0 Å². The van der Waals surface area contributed by atoms with Crippen molar-refractivity contribution in [2.24, 2.45) is 0 Å². The average Bonchev–Trinajstić information content (AvgIpc) is 2.97. The fraction of sp³-hybridized carbons (Fsp3) is 0.200. The zero-order chi connectivity index (χ0) is 11.7. The summed E-state index contributed by atoms with van der Waals surface area (Å²) in [4.78, 5) is 8.42. The fourth-order valence-corrected chi connectivity index (χ4v) is 1.58. The molecule has 0 radical (unpaired) electrons. The van der Waals surface area contributed by atoms with Gasteiger partial charge in [0.2, 0.25) is 5.95 Å². The smallest absolute Gasteiger partial charge is 0.243 e. The second-order valence-corrected chi connectivity index (χ2v) is 3.68. The maximum Gasteiger partial charge on any atom is 0.243 e. The first-order valence-electron chi connectivity index (χ1n) is 5.26. The summed E-state index contributed by atoms with van der Waals surface area (Å²) in [5.41, 5.74) is 0.805. The highest BCUT2D eigenvalue weighted by molar-refractivity contribution is 5.43. The van der Waals surface area contributed by atoms with Gasteiger partial charge in [0.1, 0.15) is 12.2 Å². The molecule has 3 heterocycles. The van der Waals surface area contributed by atoms with Gasteiger partial charge in [0.15, 0.2) is 5.65 Å². The molecule has 0 fully saturated rings. The molecule has 3 rings (SSSR count). The lowest BCUT2D eigenvalue weighted by molar-refractivity contribution is 0.781. The summed E-state index contributed by atoms with van der Waals surface area (Å²) in [6.07, 6.45) is 3.33. The molecule has 17 heavy (non-hydrogen) atoms. The fourth-order valence-electron chi connectivity index (χ4n) is 1.58. The molecule has 7 nitrogen and oxygen atoms in total. The Labute approximate surface area is 96.9 Å². The van der Waals surface area contributed by atoms with Crippen molar-refractivity contribution in [3.05, 3.63) is 36.5 Å². The molecule has 0 aliphatic rings. The molecule has 0 amide bonds. The highest BCUT2D eigenvalue weighted by Gasteiger charge is 2.10. The minimum Gasteiger partial charge on any atom is -0.343 e. The van der Waals surface area contributed by atoms with E-state index in [9.17, 15) is 0 Å². The quantitative estimate of drug-likeness (QED) is 0.700. The van der Waals surface area contributed by atoms with Crippen LogP contribution in [0.25, 0.3) is 5.65 Å². The number of anilines is 1. The first-order valence-corrected chi connectivity index (χ1v) is 5.26. The number of aromatic amines is 1. The van der Waals surface area contributed by atoms with Crippen molar-refractivity contribution in [1.29, 1.82) is 0 Å². The molecule has 0 saturated heterocycles. The maximum absolute atomic E-state index is 4.34. The summed E-state index contributed by atoms with van der Waals surface area (Å²) in [6, 6.07) is 5.71. The Morgan fingerprint density at radius 1 is 1.41 bits per heavy atom. The molecule has 0 spiro atoms. The van der Waals surface area contributed by atoms with Crippen LogP contribution in [0.15, 0.2) is 30.7 Å². The third kappa shape index (κ3) is 1.82. The SMILES string of the molecule is CC(Nc1nc2ccccn2n1)c1ncn[nH]1. The van der Waals surface area contributed by atoms with Gasteiger partial charge in [-0.2, -0.15) is 10.1 Å². The molecular weight excluding hydrogens is 218 g/mol. The third-order valence-electron chi connectivity index (χ3n) is 2.43. The van der Waals surface area contributed by atoms with Gasteiger partial charge in [0.05, 0.1) is 6.04 Å². The maximum atomic E-state index is 4.34. The number of nitrogens with one attached hydrogen (secondary N) is 2. The zero-order valence-electron chi connectivity index (χ0n) is 9.20. The minimum atomic E-state index is -0.0186. The van der Waals surface area contributed by atoms with Crippen molar-refractivity contribution in [2.75, 3.05) is 5.32 Å². The van der Waals surface area contributed by atoms with Gasteiger partial charge in [0.25, 0.3) is 0 Å². The second-order valence-electron chi connectivity index (χ2n) is 3.68. The van der Waals surface area contributed by atoms with Gasteiger partial charge in [-0.1, -0.05) is 6.07 Å². The monoisotopic (exact) mass is 229 g/mol. The second kappa shape index (κ2) is 3.85. The highest BCUT2D eigenvalue weighted by Crippen LogP contribution is 2.12. The van der Waals surface area contributed by atoms with E-state index < -0.39 is 0 Å². The minimum absolute atomic E-state index is 0.0186. The number of hydrogen-bond donors (Lipinski definition) is 2. The zero-order valence-corrected chi connectivity index (χ0v) is 9.20. The molecule has 0 bridgehead atoms. The predicted molar refractivity (Wildman–Crippen MR) is 61.4 cm³/mol. The topological polar surface area (TPSA) is 83.8 Å². The van der Waals surface area contributed by atoms with Crippen LogP contribution in [0.3, 0.4) is 0 Å². The van der Waals surface area contributed by atoms with E-state index in [1.165, 1.54) is 6.33 Å². The Hall–Kier alpha value is -2.44. The summed E-state index contributed by atoms with van der Waals surface area (Å²) in [7, 11) is 0. The van der Waals surface area contributed by atoms with Crippen molar-refractivity contribution in [3.8, 4) is 0 Å². The first-order chi connectivity index (χ1) is 8.33. The van der Waals surface area contributed by atoms with Gasteiger partial charge < -0.3 is 5.32 Å². The van der Waals surface area contributed by atoms with E-state index >= 15 is 0 Å². The van der Waals surface area contributed by atoms with Gasteiger partial charge in [-0.3, -0.25) is 5.10 Å². The van der Waals surface area contributed by atoms with E-state index in [1.807, 2.05) is 31.3 Å². The number of nitrogens with zero attached hydrogens (tertiary/aromatic N) is 5. The molecule has 0 saturated carbocycles. The highest BCUT2D eigenvalue weighted by atomic mass is 15.4. The Morgan fingerprint density at radius 2 is 2.35 bits per heavy atom. The lowest BCUT2D eigenvalue weighted by Gasteiger charge is -2.07. The lowest BCUT2D eigenvalue weighted by atomic mass is 10.3. The van der Waals surface area contributed by atoms with Crippen LogP contribution in [0.5, 0.6) is 0 Å². The Balaban J connectivity index is 1.85. The van der Waals surface area contributed by atoms with Crippen molar-refractivity contribution in [2.45, 2.75) is 13.0 Å². The van der Waals surface area contributed by atoms with Crippen LogP contribution < -0.4 is 5.32 Å². The Bertz CT molecular complexity index is 579. The van der Waals surface area contributed by atoms with Crippen LogP contribution in [0.4, 0.5) is 5.95 Å². The molecule has 2 N–H and O–H groups in total. The summed E-state index contributed by atoms with van der Waals surface area (Å²) >= 11 is 0. The van der Waals surface area contributed by atoms with Crippen molar-refractivity contribution in [3.63, 3.8) is 0 Å². The van der Waals surface area contributed by atoms with Gasteiger partial charge in [-0.25, -0.2) is 9.50 Å². The van der Waals surface area contributed by atoms with Gasteiger partial charge in [-0.15, -0.1) is 5.10 Å². The van der Waals surface area contributed by atoms with E-state index in [0.717, 1.165) is 11.5 Å². The molecule has 0 aliphatic heterocycles. The number of H-pyrrole nitrogens is 1. The normalized spacial score (nSPS) is 12.8. The van der Waals surface area contributed by atoms with Gasteiger partial charge >= 0.3 is 0 Å². The van der Waals surface area contributed by atoms with E-state index in [1.54, 1.807) is 4.52 Å². The molecule has 0 aliphatic carbocycles. The lowest BCUT2D eigenvalue weighted by Crippen LogP contribution is -2.09. The van der Waals surface area contributed by atoms with E-state index in [0.29, 0.717) is 5.95 Å². The van der Waals surface area contributed by atoms with E-state index in [-0.39, 0.29) is 6.04 Å². The molecule has 7 heteroatoms. The molecular formula is C10H11N7. The number of aromatic nitrogens is 6. The summed E-state index contributed by atoms with van der Waals surface area (Å²) < 4.78 is 1.72. The standard InChI is InChI=1S/C10H11N7/c1-7(9-11-6-12-15-9)13-10-14-8-4-2-3-5-17(8)16-10/h2-7H,1H3,(H,13,16)(H,11,12,15). The van der Waals surface area contributed by atoms with Crippen LogP contribution in [0, 0.1) is 0 Å². The predicted octanol–water partition coefficient (Wildman–Crippen LogP) is 1.02. The molecule has 86 valence electrons. The molecule has 1 atom stereocenters. The molecule has 3 aromatic rings. The molecule has 0 aromatic carbocycles. The Morgan fingerprint density at radius 3 is 3.12 bits per heavy atom. The molecule has 3 aromatic heterocycles. The number of fused-ring (bicyclic) bond motifs is 1. The number of hydrogen-bond acceptors (Lipinski definition) is 5. The number of rotatable bonds is 3. The van der Waals surface area contributed by atoms with Gasteiger partial charge in [0, 0.05) is 6.20 Å². The van der Waals surface area contributed by atoms with Crippen LogP contribution in [-0.2, 0) is 0 Å². The van der Waals surface area contributed by atoms with Crippen LogP contribution in [-0.4, -0.2) is 29.8 Å². The summed E-state index contributed by atoms with van der Waals surface area (Å²) in [5.74, 6) is 1.32. The number of pyridine rings is 1. The van der Waals surface area contributed by atoms with E-state index in [2.05, 4.69) is 30.6 Å². The van der Waals surface area contributed by atoms with Crippen molar-refractivity contribution >= 4 is 11.6 Å². The van der Waals surface area contributed by atoms with Crippen LogP contribution >= 0.6 is 0 Å². The largest absolute Gasteiger partial charge is 0.343 e. The first kappa shape index (κ1) is 9.76. The van der Waals surface area contributed by atoms with Crippen molar-refractivity contribution in [1.82, 2.24) is 29.8 Å². The van der Waals surface area contributed by atoms with Crippen molar-refractivity contribution < 1.29 is 0 Å².